The van der Waals surface area contributed by atoms with Crippen LogP contribution >= 0.6 is 0 Å². The second kappa shape index (κ2) is 4.11. The zero-order chi connectivity index (χ0) is 13.6. The number of para-hydroxylation sites is 1. The minimum atomic E-state index is -0.374. The first-order valence-electron chi connectivity index (χ1n) is 6.65. The molecule has 1 aliphatic rings. The summed E-state index contributed by atoms with van der Waals surface area (Å²) in [5.74, 6) is 0.339. The van der Waals surface area contributed by atoms with Gasteiger partial charge in [-0.25, -0.2) is 0 Å². The molecule has 0 radical (unpaired) electrons. The molecule has 0 aromatic heterocycles. The maximum Gasteiger partial charge on any atom is 0.159 e. The fourth-order valence-electron chi connectivity index (χ4n) is 2.71. The van der Waals surface area contributed by atoms with Crippen LogP contribution in [0.2, 0.25) is 0 Å². The van der Waals surface area contributed by atoms with Crippen molar-refractivity contribution in [2.75, 3.05) is 11.4 Å². The van der Waals surface area contributed by atoms with E-state index in [0.717, 1.165) is 6.54 Å². The Morgan fingerprint density at radius 1 is 1.17 bits per heavy atom. The van der Waals surface area contributed by atoms with E-state index in [0.29, 0.717) is 12.2 Å². The smallest absolute Gasteiger partial charge is 0.159 e. The Kier molecular flexibility index (Phi) is 3.00. The van der Waals surface area contributed by atoms with Gasteiger partial charge in [-0.1, -0.05) is 39.0 Å². The summed E-state index contributed by atoms with van der Waals surface area (Å²) in [6.07, 6.45) is 0.658. The van der Waals surface area contributed by atoms with Crippen molar-refractivity contribution in [3.05, 3.63) is 29.8 Å². The molecule has 0 amide bonds. The zero-order valence-electron chi connectivity index (χ0n) is 12.1. The summed E-state index contributed by atoms with van der Waals surface area (Å²) in [4.78, 5) is 14.3. The fraction of sp³-hybridized carbons (Fsp3) is 0.562. The van der Waals surface area contributed by atoms with Crippen molar-refractivity contribution in [2.24, 2.45) is 0 Å². The van der Waals surface area contributed by atoms with Crippen LogP contribution in [0.3, 0.4) is 0 Å². The third kappa shape index (κ3) is 2.05. The van der Waals surface area contributed by atoms with Gasteiger partial charge in [0.25, 0.3) is 0 Å². The lowest BCUT2D eigenvalue weighted by molar-refractivity contribution is -0.120. The van der Waals surface area contributed by atoms with Crippen molar-refractivity contribution in [1.29, 1.82) is 0 Å². The summed E-state index contributed by atoms with van der Waals surface area (Å²) < 4.78 is 0. The molecule has 0 unspecified atom stereocenters. The lowest BCUT2D eigenvalue weighted by Crippen LogP contribution is -2.43. The van der Waals surface area contributed by atoms with Gasteiger partial charge in [-0.2, -0.15) is 0 Å². The highest BCUT2D eigenvalue weighted by Crippen LogP contribution is 2.38. The van der Waals surface area contributed by atoms with Gasteiger partial charge in [0.05, 0.1) is 5.54 Å². The van der Waals surface area contributed by atoms with Gasteiger partial charge in [0.1, 0.15) is 0 Å². The maximum absolute atomic E-state index is 12.0. The molecule has 2 nitrogen and oxygen atoms in total. The number of rotatable bonds is 1. The van der Waals surface area contributed by atoms with Crippen LogP contribution < -0.4 is 4.90 Å². The summed E-state index contributed by atoms with van der Waals surface area (Å²) >= 11 is 0. The summed E-state index contributed by atoms with van der Waals surface area (Å²) in [7, 11) is 0. The predicted octanol–water partition coefficient (Wildman–Crippen LogP) is 3.54. The molecule has 2 rings (SSSR count). The van der Waals surface area contributed by atoms with E-state index in [1.165, 1.54) is 11.3 Å². The highest BCUT2D eigenvalue weighted by atomic mass is 16.1. The Morgan fingerprint density at radius 2 is 1.78 bits per heavy atom. The van der Waals surface area contributed by atoms with Crippen LogP contribution in [0.5, 0.6) is 0 Å². The summed E-state index contributed by atoms with van der Waals surface area (Å²) in [5, 5.41) is 0. The van der Waals surface area contributed by atoms with Gasteiger partial charge >= 0.3 is 0 Å². The van der Waals surface area contributed by atoms with Gasteiger partial charge < -0.3 is 4.90 Å². The number of hydrogen-bond acceptors (Lipinski definition) is 2. The maximum atomic E-state index is 12.0. The molecule has 0 aliphatic carbocycles. The molecule has 0 bridgehead atoms. The lowest BCUT2D eigenvalue weighted by atomic mass is 9.85. The number of carbonyl (C=O) groups excluding carboxylic acids is 1. The van der Waals surface area contributed by atoms with Crippen LogP contribution in [0.1, 0.15) is 46.6 Å². The number of ketones is 1. The van der Waals surface area contributed by atoms with Crippen molar-refractivity contribution in [3.8, 4) is 0 Å². The van der Waals surface area contributed by atoms with E-state index in [4.69, 9.17) is 0 Å². The van der Waals surface area contributed by atoms with Crippen molar-refractivity contribution in [1.82, 2.24) is 0 Å². The van der Waals surface area contributed by atoms with Crippen LogP contribution in [0.25, 0.3) is 0 Å². The standard InChI is InChI=1S/C16H23NO/c1-15(2,3)12-8-6-7-9-13(12)17-11-10-14(18)16(17,4)5/h6-9H,10-11H2,1-5H3. The van der Waals surface area contributed by atoms with Crippen LogP contribution in [0.15, 0.2) is 24.3 Å². The number of nitrogens with zero attached hydrogens (tertiary/aromatic N) is 1. The van der Waals surface area contributed by atoms with Gasteiger partial charge in [0, 0.05) is 18.7 Å². The predicted molar refractivity (Wildman–Crippen MR) is 76.2 cm³/mol. The first-order valence-corrected chi connectivity index (χ1v) is 6.65. The molecule has 0 saturated carbocycles. The van der Waals surface area contributed by atoms with Gasteiger partial charge in [-0.05, 0) is 30.9 Å². The molecule has 0 spiro atoms. The van der Waals surface area contributed by atoms with E-state index < -0.39 is 0 Å². The topological polar surface area (TPSA) is 20.3 Å². The first-order chi connectivity index (χ1) is 8.24. The Balaban J connectivity index is 2.50. The second-order valence-corrected chi connectivity index (χ2v) is 6.65. The molecule has 2 heteroatoms. The monoisotopic (exact) mass is 245 g/mol. The minimum absolute atomic E-state index is 0.0955. The van der Waals surface area contributed by atoms with E-state index in [2.05, 4.69) is 49.9 Å². The van der Waals surface area contributed by atoms with Crippen molar-refractivity contribution >= 4 is 11.5 Å². The molecule has 1 heterocycles. The average Bonchev–Trinajstić information content (AvgIpc) is 2.53. The normalized spacial score (nSPS) is 19.4. The van der Waals surface area contributed by atoms with Crippen LogP contribution in [-0.4, -0.2) is 17.9 Å². The molecule has 1 aliphatic heterocycles. The van der Waals surface area contributed by atoms with Gasteiger partial charge in [-0.15, -0.1) is 0 Å². The molecule has 1 aromatic carbocycles. The van der Waals surface area contributed by atoms with E-state index in [9.17, 15) is 4.79 Å². The largest absolute Gasteiger partial charge is 0.359 e. The molecule has 18 heavy (non-hydrogen) atoms. The number of benzene rings is 1. The van der Waals surface area contributed by atoms with Gasteiger partial charge in [-0.3, -0.25) is 4.79 Å². The number of hydrogen-bond donors (Lipinski definition) is 0. The first kappa shape index (κ1) is 13.1. The zero-order valence-corrected chi connectivity index (χ0v) is 12.1. The summed E-state index contributed by atoms with van der Waals surface area (Å²) in [6.45, 7) is 11.5. The Labute approximate surface area is 110 Å². The highest BCUT2D eigenvalue weighted by molar-refractivity contribution is 5.94. The number of anilines is 1. The SMILES string of the molecule is CC(C)(C)c1ccccc1N1CCC(=O)C1(C)C. The molecular weight excluding hydrogens is 222 g/mol. The molecule has 1 fully saturated rings. The van der Waals surface area contributed by atoms with Crippen molar-refractivity contribution in [3.63, 3.8) is 0 Å². The minimum Gasteiger partial charge on any atom is -0.359 e. The van der Waals surface area contributed by atoms with Crippen molar-refractivity contribution < 1.29 is 4.79 Å². The van der Waals surface area contributed by atoms with E-state index >= 15 is 0 Å². The van der Waals surface area contributed by atoms with E-state index in [1.54, 1.807) is 0 Å². The molecule has 0 N–H and O–H groups in total. The third-order valence-corrected chi connectivity index (χ3v) is 3.92. The molecule has 98 valence electrons. The molecule has 0 atom stereocenters. The summed E-state index contributed by atoms with van der Waals surface area (Å²) in [5.41, 5.74) is 2.24. The quantitative estimate of drug-likeness (QED) is 0.754. The van der Waals surface area contributed by atoms with E-state index in [1.807, 2.05) is 13.8 Å². The summed E-state index contributed by atoms with van der Waals surface area (Å²) in [6, 6.07) is 8.45. The molecule has 1 saturated heterocycles. The molecular formula is C16H23NO. The highest BCUT2D eigenvalue weighted by Gasteiger charge is 2.41. The number of carbonyl (C=O) groups is 1. The van der Waals surface area contributed by atoms with Gasteiger partial charge in [0.2, 0.25) is 0 Å². The second-order valence-electron chi connectivity index (χ2n) is 6.65. The van der Waals surface area contributed by atoms with Crippen LogP contribution in [0, 0.1) is 0 Å². The van der Waals surface area contributed by atoms with E-state index in [-0.39, 0.29) is 11.0 Å². The van der Waals surface area contributed by atoms with Crippen LogP contribution in [-0.2, 0) is 10.2 Å². The average molecular weight is 245 g/mol. The van der Waals surface area contributed by atoms with Crippen LogP contribution in [0.4, 0.5) is 5.69 Å². The Hall–Kier alpha value is -1.31. The Morgan fingerprint density at radius 3 is 2.28 bits per heavy atom. The third-order valence-electron chi connectivity index (χ3n) is 3.92. The fourth-order valence-corrected chi connectivity index (χ4v) is 2.71. The molecule has 1 aromatic rings. The van der Waals surface area contributed by atoms with Gasteiger partial charge in [0.15, 0.2) is 5.78 Å². The number of Topliss-reactive ketones (excluding diaryl/α,β-unsaturated/α-hetero) is 1. The van der Waals surface area contributed by atoms with Crippen molar-refractivity contribution in [2.45, 2.75) is 52.0 Å². The Bertz CT molecular complexity index is 468. The lowest BCUT2D eigenvalue weighted by Gasteiger charge is -2.36.